The number of anilines is 1. The monoisotopic (exact) mass is 400 g/mol. The Morgan fingerprint density at radius 2 is 1.90 bits per heavy atom. The summed E-state index contributed by atoms with van der Waals surface area (Å²) in [7, 11) is 0. The van der Waals surface area contributed by atoms with Crippen molar-refractivity contribution in [1.29, 1.82) is 0 Å². The molecular formula is C22H16N4O2S. The van der Waals surface area contributed by atoms with Crippen LogP contribution in [0.25, 0.3) is 28.1 Å². The molecule has 0 saturated carbocycles. The topological polar surface area (TPSA) is 73.0 Å². The largest absolute Gasteiger partial charge is 0.454 e. The van der Waals surface area contributed by atoms with Gasteiger partial charge in [0.1, 0.15) is 11.3 Å². The Kier molecular flexibility index (Phi) is 4.22. The number of fused-ring (bicyclic) bond motifs is 1. The zero-order valence-corrected chi connectivity index (χ0v) is 16.3. The fourth-order valence-corrected chi connectivity index (χ4v) is 3.87. The number of thiazole rings is 1. The normalized spacial score (nSPS) is 11.1. The van der Waals surface area contributed by atoms with Gasteiger partial charge in [-0.25, -0.2) is 9.67 Å². The number of amides is 1. The molecule has 5 rings (SSSR count). The molecular weight excluding hydrogens is 384 g/mol. The van der Waals surface area contributed by atoms with Crippen LogP contribution in [0, 0.1) is 6.92 Å². The van der Waals surface area contributed by atoms with Gasteiger partial charge in [0, 0.05) is 10.8 Å². The first-order valence-corrected chi connectivity index (χ1v) is 9.93. The summed E-state index contributed by atoms with van der Waals surface area (Å²) < 4.78 is 7.59. The zero-order valence-electron chi connectivity index (χ0n) is 15.5. The van der Waals surface area contributed by atoms with Crippen molar-refractivity contribution in [2.24, 2.45) is 0 Å². The summed E-state index contributed by atoms with van der Waals surface area (Å²) >= 11 is 1.36. The van der Waals surface area contributed by atoms with Gasteiger partial charge in [-0.15, -0.1) is 11.3 Å². The van der Waals surface area contributed by atoms with Crippen LogP contribution in [0.5, 0.6) is 0 Å². The molecule has 29 heavy (non-hydrogen) atoms. The Morgan fingerprint density at radius 3 is 2.72 bits per heavy atom. The minimum absolute atomic E-state index is 0.241. The lowest BCUT2D eigenvalue weighted by molar-refractivity contribution is 0.102. The second kappa shape index (κ2) is 7.03. The maximum atomic E-state index is 12.7. The molecule has 0 saturated heterocycles. The summed E-state index contributed by atoms with van der Waals surface area (Å²) in [6.07, 6.45) is 1.57. The molecule has 7 heteroatoms. The van der Waals surface area contributed by atoms with E-state index >= 15 is 0 Å². The number of hydrogen-bond acceptors (Lipinski definition) is 5. The van der Waals surface area contributed by atoms with Crippen molar-refractivity contribution in [1.82, 2.24) is 14.8 Å². The van der Waals surface area contributed by atoms with Crippen LogP contribution >= 0.6 is 11.3 Å². The number of nitrogens with one attached hydrogen (secondary N) is 1. The van der Waals surface area contributed by atoms with Gasteiger partial charge in [-0.05, 0) is 31.2 Å². The van der Waals surface area contributed by atoms with Gasteiger partial charge in [0.15, 0.2) is 10.9 Å². The lowest BCUT2D eigenvalue weighted by Crippen LogP contribution is -2.13. The molecule has 1 amide bonds. The smallest absolute Gasteiger partial charge is 0.260 e. The lowest BCUT2D eigenvalue weighted by Gasteiger charge is -2.05. The predicted octanol–water partition coefficient (Wildman–Crippen LogP) is 5.30. The molecule has 0 unspecified atom stereocenters. The third-order valence-electron chi connectivity index (χ3n) is 4.66. The van der Waals surface area contributed by atoms with E-state index in [9.17, 15) is 4.79 Å². The number of furan rings is 1. The van der Waals surface area contributed by atoms with Gasteiger partial charge in [0.25, 0.3) is 5.91 Å². The molecule has 1 N–H and O–H groups in total. The van der Waals surface area contributed by atoms with Gasteiger partial charge in [0.2, 0.25) is 0 Å². The Morgan fingerprint density at radius 1 is 1.10 bits per heavy atom. The maximum Gasteiger partial charge on any atom is 0.260 e. The zero-order chi connectivity index (χ0) is 19.8. The van der Waals surface area contributed by atoms with E-state index in [1.807, 2.05) is 73.0 Å². The van der Waals surface area contributed by atoms with Crippen LogP contribution in [0.15, 0.2) is 76.7 Å². The summed E-state index contributed by atoms with van der Waals surface area (Å²) in [5.41, 5.74) is 3.69. The van der Waals surface area contributed by atoms with E-state index in [1.165, 1.54) is 11.3 Å². The van der Waals surface area contributed by atoms with E-state index in [0.717, 1.165) is 22.4 Å². The molecule has 0 aliphatic rings. The molecule has 0 aliphatic carbocycles. The Bertz CT molecular complexity index is 1280. The van der Waals surface area contributed by atoms with Crippen LogP contribution in [0.2, 0.25) is 0 Å². The third-order valence-corrected chi connectivity index (χ3v) is 5.42. The fraction of sp³-hybridized carbons (Fsp3) is 0.0455. The summed E-state index contributed by atoms with van der Waals surface area (Å²) in [4.78, 5) is 17.2. The van der Waals surface area contributed by atoms with E-state index in [0.29, 0.717) is 22.1 Å². The van der Waals surface area contributed by atoms with Gasteiger partial charge in [0.05, 0.1) is 23.1 Å². The standard InChI is InChI=1S/C22H16N4O2S/c1-14-17(12-23-26(14)16-8-3-2-4-9-16)21(27)25-22-24-18(13-29-22)20-11-15-7-5-6-10-19(15)28-20/h2-13H,1H3,(H,24,25,27). The van der Waals surface area contributed by atoms with Gasteiger partial charge in [-0.1, -0.05) is 36.4 Å². The number of carbonyl (C=O) groups excluding carboxylic acids is 1. The predicted molar refractivity (Wildman–Crippen MR) is 114 cm³/mol. The highest BCUT2D eigenvalue weighted by Gasteiger charge is 2.17. The van der Waals surface area contributed by atoms with Crippen molar-refractivity contribution < 1.29 is 9.21 Å². The van der Waals surface area contributed by atoms with Crippen molar-refractivity contribution in [2.75, 3.05) is 5.32 Å². The summed E-state index contributed by atoms with van der Waals surface area (Å²) in [6.45, 7) is 1.87. The first-order chi connectivity index (χ1) is 14.2. The number of nitrogens with zero attached hydrogens (tertiary/aromatic N) is 3. The van der Waals surface area contributed by atoms with E-state index in [-0.39, 0.29) is 5.91 Å². The van der Waals surface area contributed by atoms with Crippen LogP contribution in [0.4, 0.5) is 5.13 Å². The van der Waals surface area contributed by atoms with Gasteiger partial charge in [-0.2, -0.15) is 5.10 Å². The molecule has 142 valence electrons. The third kappa shape index (κ3) is 3.21. The summed E-state index contributed by atoms with van der Waals surface area (Å²) in [6, 6.07) is 19.5. The molecule has 0 radical (unpaired) electrons. The second-order valence-electron chi connectivity index (χ2n) is 6.53. The van der Waals surface area contributed by atoms with Crippen LogP contribution in [0.1, 0.15) is 16.1 Å². The summed E-state index contributed by atoms with van der Waals surface area (Å²) in [5.74, 6) is 0.436. The molecule has 6 nitrogen and oxygen atoms in total. The number of carbonyl (C=O) groups is 1. The highest BCUT2D eigenvalue weighted by molar-refractivity contribution is 7.14. The van der Waals surface area contributed by atoms with Crippen molar-refractivity contribution >= 4 is 33.3 Å². The Labute approximate surface area is 170 Å². The average Bonchev–Trinajstić information content (AvgIpc) is 3.46. The van der Waals surface area contributed by atoms with Crippen molar-refractivity contribution in [2.45, 2.75) is 6.92 Å². The highest BCUT2D eigenvalue weighted by atomic mass is 32.1. The van der Waals surface area contributed by atoms with E-state index < -0.39 is 0 Å². The molecule has 3 heterocycles. The first kappa shape index (κ1) is 17.4. The highest BCUT2D eigenvalue weighted by Crippen LogP contribution is 2.30. The van der Waals surface area contributed by atoms with Crippen LogP contribution in [-0.2, 0) is 0 Å². The molecule has 3 aromatic heterocycles. The number of para-hydroxylation sites is 2. The van der Waals surface area contributed by atoms with Crippen molar-refractivity contribution in [3.05, 3.63) is 83.5 Å². The minimum atomic E-state index is -0.241. The van der Waals surface area contributed by atoms with Crippen molar-refractivity contribution in [3.63, 3.8) is 0 Å². The molecule has 0 bridgehead atoms. The van der Waals surface area contributed by atoms with Gasteiger partial charge < -0.3 is 4.42 Å². The SMILES string of the molecule is Cc1c(C(=O)Nc2nc(-c3cc4ccccc4o3)cs2)cnn1-c1ccccc1. The molecule has 0 atom stereocenters. The molecule has 5 aromatic rings. The van der Waals surface area contributed by atoms with Crippen LogP contribution < -0.4 is 5.32 Å². The van der Waals surface area contributed by atoms with Crippen molar-refractivity contribution in [3.8, 4) is 17.1 Å². The quantitative estimate of drug-likeness (QED) is 0.444. The average molecular weight is 400 g/mol. The Hall–Kier alpha value is -3.71. The fourth-order valence-electron chi connectivity index (χ4n) is 3.18. The van der Waals surface area contributed by atoms with Gasteiger partial charge in [-0.3, -0.25) is 10.1 Å². The van der Waals surface area contributed by atoms with Crippen LogP contribution in [-0.4, -0.2) is 20.7 Å². The van der Waals surface area contributed by atoms with E-state index in [1.54, 1.807) is 10.9 Å². The first-order valence-electron chi connectivity index (χ1n) is 9.05. The Balaban J connectivity index is 1.37. The van der Waals surface area contributed by atoms with Gasteiger partial charge >= 0.3 is 0 Å². The molecule has 2 aromatic carbocycles. The number of rotatable bonds is 4. The second-order valence-corrected chi connectivity index (χ2v) is 7.39. The van der Waals surface area contributed by atoms with Crippen LogP contribution in [0.3, 0.4) is 0 Å². The molecule has 0 aliphatic heterocycles. The summed E-state index contributed by atoms with van der Waals surface area (Å²) in [5, 5.41) is 10.6. The molecule has 0 fully saturated rings. The number of aromatic nitrogens is 3. The number of hydrogen-bond donors (Lipinski definition) is 1. The lowest BCUT2D eigenvalue weighted by atomic mass is 10.2. The minimum Gasteiger partial charge on any atom is -0.454 e. The van der Waals surface area contributed by atoms with E-state index in [4.69, 9.17) is 4.42 Å². The molecule has 0 spiro atoms. The number of benzene rings is 2. The maximum absolute atomic E-state index is 12.7. The van der Waals surface area contributed by atoms with E-state index in [2.05, 4.69) is 15.4 Å².